The van der Waals surface area contributed by atoms with Crippen LogP contribution >= 0.6 is 0 Å². The summed E-state index contributed by atoms with van der Waals surface area (Å²) in [5.74, 6) is 3.20. The van der Waals surface area contributed by atoms with Crippen molar-refractivity contribution in [2.45, 2.75) is 19.8 Å². The Kier molecular flexibility index (Phi) is 5.42. The largest absolute Gasteiger partial charge is 0.497 e. The zero-order valence-electron chi connectivity index (χ0n) is 16.4. The van der Waals surface area contributed by atoms with E-state index in [0.717, 1.165) is 47.5 Å². The molecule has 1 saturated heterocycles. The molecule has 4 rings (SSSR count). The third-order valence-electron chi connectivity index (χ3n) is 5.24. The highest BCUT2D eigenvalue weighted by atomic mass is 16.5. The molecular formula is C23H26N4O. The van der Waals surface area contributed by atoms with Crippen molar-refractivity contribution in [3.63, 3.8) is 0 Å². The molecule has 0 amide bonds. The van der Waals surface area contributed by atoms with E-state index in [9.17, 15) is 0 Å². The molecule has 0 saturated carbocycles. The Balaban J connectivity index is 1.66. The maximum atomic E-state index is 5.24. The summed E-state index contributed by atoms with van der Waals surface area (Å²) in [6.45, 7) is 4.39. The molecule has 0 aliphatic carbocycles. The van der Waals surface area contributed by atoms with Gasteiger partial charge in [0.05, 0.1) is 12.8 Å². The van der Waals surface area contributed by atoms with E-state index >= 15 is 0 Å². The smallest absolute Gasteiger partial charge is 0.229 e. The fourth-order valence-electron chi connectivity index (χ4n) is 3.45. The number of piperidine rings is 1. The summed E-state index contributed by atoms with van der Waals surface area (Å²) >= 11 is 0. The van der Waals surface area contributed by atoms with Gasteiger partial charge in [0.2, 0.25) is 5.95 Å². The van der Waals surface area contributed by atoms with E-state index in [2.05, 4.69) is 35.3 Å². The molecule has 1 aromatic heterocycles. The number of aromatic nitrogens is 2. The van der Waals surface area contributed by atoms with Crippen LogP contribution in [-0.4, -0.2) is 30.2 Å². The monoisotopic (exact) mass is 374 g/mol. The normalized spacial score (nSPS) is 14.7. The first-order valence-corrected chi connectivity index (χ1v) is 9.82. The summed E-state index contributed by atoms with van der Waals surface area (Å²) in [5.41, 5.74) is 2.96. The minimum Gasteiger partial charge on any atom is -0.497 e. The van der Waals surface area contributed by atoms with Crippen molar-refractivity contribution >= 4 is 17.5 Å². The molecule has 5 nitrogen and oxygen atoms in total. The Bertz CT molecular complexity index is 904. The standard InChI is InChI=1S/C23H26N4O/c1-17-12-14-27(15-13-17)22-16-21(18-6-4-3-5-7-18)25-23(26-22)24-19-8-10-20(28-2)11-9-19/h3-11,16-17H,12-15H2,1-2H3,(H,24,25,26). The molecule has 0 radical (unpaired) electrons. The first kappa shape index (κ1) is 18.3. The van der Waals surface area contributed by atoms with Crippen molar-refractivity contribution in [3.8, 4) is 17.0 Å². The predicted octanol–water partition coefficient (Wildman–Crippen LogP) is 5.13. The molecule has 0 bridgehead atoms. The summed E-state index contributed by atoms with van der Waals surface area (Å²) in [7, 11) is 1.67. The van der Waals surface area contributed by atoms with Crippen LogP contribution < -0.4 is 15.0 Å². The summed E-state index contributed by atoms with van der Waals surface area (Å²) in [6.07, 6.45) is 2.40. The van der Waals surface area contributed by atoms with Crippen LogP contribution in [0.4, 0.5) is 17.5 Å². The topological polar surface area (TPSA) is 50.3 Å². The van der Waals surface area contributed by atoms with Gasteiger partial charge in [0.25, 0.3) is 0 Å². The molecule has 1 N–H and O–H groups in total. The van der Waals surface area contributed by atoms with Crippen LogP contribution in [0.1, 0.15) is 19.8 Å². The molecule has 1 aliphatic rings. The number of nitrogens with one attached hydrogen (secondary N) is 1. The number of nitrogens with zero attached hydrogens (tertiary/aromatic N) is 3. The lowest BCUT2D eigenvalue weighted by atomic mass is 9.99. The van der Waals surface area contributed by atoms with Crippen LogP contribution in [0.5, 0.6) is 5.75 Å². The van der Waals surface area contributed by atoms with Crippen LogP contribution in [0.15, 0.2) is 60.7 Å². The maximum Gasteiger partial charge on any atom is 0.229 e. The SMILES string of the molecule is COc1ccc(Nc2nc(-c3ccccc3)cc(N3CCC(C)CC3)n2)cc1. The van der Waals surface area contributed by atoms with Gasteiger partial charge in [0.15, 0.2) is 0 Å². The van der Waals surface area contributed by atoms with Crippen LogP contribution in [0, 0.1) is 5.92 Å². The Labute approximate surface area is 166 Å². The Morgan fingerprint density at radius 2 is 1.68 bits per heavy atom. The van der Waals surface area contributed by atoms with Gasteiger partial charge in [0.1, 0.15) is 11.6 Å². The lowest BCUT2D eigenvalue weighted by molar-refractivity contribution is 0.415. The number of benzene rings is 2. The first-order chi connectivity index (χ1) is 13.7. The van der Waals surface area contributed by atoms with Gasteiger partial charge in [-0.1, -0.05) is 37.3 Å². The summed E-state index contributed by atoms with van der Waals surface area (Å²) < 4.78 is 5.24. The van der Waals surface area contributed by atoms with Gasteiger partial charge >= 0.3 is 0 Å². The van der Waals surface area contributed by atoms with Gasteiger partial charge in [-0.05, 0) is 43.0 Å². The van der Waals surface area contributed by atoms with E-state index in [4.69, 9.17) is 14.7 Å². The Morgan fingerprint density at radius 3 is 2.36 bits per heavy atom. The molecule has 0 unspecified atom stereocenters. The lowest BCUT2D eigenvalue weighted by Crippen LogP contribution is -2.33. The van der Waals surface area contributed by atoms with Crippen molar-refractivity contribution in [2.75, 3.05) is 30.4 Å². The third-order valence-corrected chi connectivity index (χ3v) is 5.24. The minimum absolute atomic E-state index is 0.611. The van der Waals surface area contributed by atoms with Crippen molar-refractivity contribution < 1.29 is 4.74 Å². The highest BCUT2D eigenvalue weighted by Crippen LogP contribution is 2.28. The van der Waals surface area contributed by atoms with E-state index in [-0.39, 0.29) is 0 Å². The van der Waals surface area contributed by atoms with Crippen LogP contribution in [0.25, 0.3) is 11.3 Å². The number of rotatable bonds is 5. The quantitative estimate of drug-likeness (QED) is 0.671. The molecule has 2 aromatic carbocycles. The maximum absolute atomic E-state index is 5.24. The van der Waals surface area contributed by atoms with Gasteiger partial charge in [-0.2, -0.15) is 4.98 Å². The molecule has 144 valence electrons. The lowest BCUT2D eigenvalue weighted by Gasteiger charge is -2.31. The second kappa shape index (κ2) is 8.30. The fraction of sp³-hybridized carbons (Fsp3) is 0.304. The second-order valence-corrected chi connectivity index (χ2v) is 7.32. The fourth-order valence-corrected chi connectivity index (χ4v) is 3.45. The molecule has 3 aromatic rings. The van der Waals surface area contributed by atoms with Gasteiger partial charge in [-0.15, -0.1) is 0 Å². The average Bonchev–Trinajstić information content (AvgIpc) is 2.75. The number of anilines is 3. The Morgan fingerprint density at radius 1 is 0.964 bits per heavy atom. The molecule has 1 fully saturated rings. The van der Waals surface area contributed by atoms with Crippen LogP contribution in [0.2, 0.25) is 0 Å². The summed E-state index contributed by atoms with van der Waals surface area (Å²) in [5, 5.41) is 3.35. The highest BCUT2D eigenvalue weighted by Gasteiger charge is 2.19. The number of hydrogen-bond acceptors (Lipinski definition) is 5. The van der Waals surface area contributed by atoms with Crippen LogP contribution in [0.3, 0.4) is 0 Å². The van der Waals surface area contributed by atoms with E-state index in [1.807, 2.05) is 42.5 Å². The summed E-state index contributed by atoms with van der Waals surface area (Å²) in [6, 6.07) is 20.2. The van der Waals surface area contributed by atoms with Crippen LogP contribution in [-0.2, 0) is 0 Å². The van der Waals surface area contributed by atoms with E-state index < -0.39 is 0 Å². The highest BCUT2D eigenvalue weighted by molar-refractivity contribution is 5.66. The molecule has 2 heterocycles. The minimum atomic E-state index is 0.611. The van der Waals surface area contributed by atoms with Gasteiger partial charge in [-0.25, -0.2) is 4.98 Å². The average molecular weight is 374 g/mol. The van der Waals surface area contributed by atoms with Crippen molar-refractivity contribution in [2.24, 2.45) is 5.92 Å². The van der Waals surface area contributed by atoms with Gasteiger partial charge < -0.3 is 15.0 Å². The molecule has 28 heavy (non-hydrogen) atoms. The van der Waals surface area contributed by atoms with E-state index in [1.54, 1.807) is 7.11 Å². The van der Waals surface area contributed by atoms with E-state index in [0.29, 0.717) is 5.95 Å². The van der Waals surface area contributed by atoms with E-state index in [1.165, 1.54) is 12.8 Å². The number of methoxy groups -OCH3 is 1. The molecule has 0 spiro atoms. The number of hydrogen-bond donors (Lipinski definition) is 1. The van der Waals surface area contributed by atoms with Gasteiger partial charge in [-0.3, -0.25) is 0 Å². The van der Waals surface area contributed by atoms with Crippen molar-refractivity contribution in [1.29, 1.82) is 0 Å². The molecule has 0 atom stereocenters. The molecular weight excluding hydrogens is 348 g/mol. The zero-order chi connectivity index (χ0) is 19.3. The summed E-state index contributed by atoms with van der Waals surface area (Å²) in [4.78, 5) is 12.0. The van der Waals surface area contributed by atoms with Crippen molar-refractivity contribution in [3.05, 3.63) is 60.7 Å². The first-order valence-electron chi connectivity index (χ1n) is 9.82. The van der Waals surface area contributed by atoms with Gasteiger partial charge in [0, 0.05) is 30.4 Å². The molecule has 1 aliphatic heterocycles. The second-order valence-electron chi connectivity index (χ2n) is 7.32. The predicted molar refractivity (Wildman–Crippen MR) is 114 cm³/mol. The number of ether oxygens (including phenoxy) is 1. The molecule has 5 heteroatoms. The zero-order valence-corrected chi connectivity index (χ0v) is 16.4. The third kappa shape index (κ3) is 4.25. The van der Waals surface area contributed by atoms with Crippen molar-refractivity contribution in [1.82, 2.24) is 9.97 Å². The Hall–Kier alpha value is -3.08.